The molecule has 0 spiro atoms. The monoisotopic (exact) mass is 474 g/mol. The summed E-state index contributed by atoms with van der Waals surface area (Å²) in [6.07, 6.45) is -0.831. The lowest BCUT2D eigenvalue weighted by molar-refractivity contribution is -0.258. The average Bonchev–Trinajstić information content (AvgIpc) is 3.65. The molecule has 0 radical (unpaired) electrons. The van der Waals surface area contributed by atoms with Crippen LogP contribution in [-0.2, 0) is 11.0 Å². The molecule has 0 saturated heterocycles. The first-order valence-electron chi connectivity index (χ1n) is 11.4. The highest BCUT2D eigenvalue weighted by atomic mass is 19.4. The van der Waals surface area contributed by atoms with Gasteiger partial charge in [-0.1, -0.05) is 24.3 Å². The fourth-order valence-corrected chi connectivity index (χ4v) is 4.84. The largest absolute Gasteiger partial charge is 0.421 e. The molecule has 1 N–H and O–H groups in total. The average molecular weight is 474 g/mol. The van der Waals surface area contributed by atoms with Crippen molar-refractivity contribution in [3.63, 3.8) is 0 Å². The van der Waals surface area contributed by atoms with Crippen molar-refractivity contribution in [1.82, 2.24) is 4.90 Å². The van der Waals surface area contributed by atoms with Crippen LogP contribution in [0.5, 0.6) is 0 Å². The Morgan fingerprint density at radius 3 is 2.00 bits per heavy atom. The number of nitriles is 1. The van der Waals surface area contributed by atoms with Crippen LogP contribution in [0, 0.1) is 17.1 Å². The number of hydrogen-bond donors (Lipinski definition) is 1. The van der Waals surface area contributed by atoms with Gasteiger partial charge in [0.1, 0.15) is 5.82 Å². The molecule has 34 heavy (non-hydrogen) atoms. The van der Waals surface area contributed by atoms with Crippen molar-refractivity contribution in [2.75, 3.05) is 0 Å². The standard InChI is InChI=1S/C26H26F4N2O2/c1-24(34,26(28,29)30)18-4-2-17(3-5-18)23(33)32(21-10-11-21)22-12-14-25(16-31,15-13-22)19-6-8-20(27)9-7-19/h2-9,21-22,34H,10-15H2,1H3/t22-,24-,25-/m0/s1. The lowest BCUT2D eigenvalue weighted by Crippen LogP contribution is -2.46. The summed E-state index contributed by atoms with van der Waals surface area (Å²) < 4.78 is 52.7. The minimum absolute atomic E-state index is 0.0795. The van der Waals surface area contributed by atoms with Crippen LogP contribution in [0.3, 0.4) is 0 Å². The molecule has 4 nitrogen and oxygen atoms in total. The van der Waals surface area contributed by atoms with Gasteiger partial charge in [0.15, 0.2) is 5.60 Å². The molecule has 2 aliphatic rings. The summed E-state index contributed by atoms with van der Waals surface area (Å²) in [5.41, 5.74) is -3.02. The summed E-state index contributed by atoms with van der Waals surface area (Å²) in [5, 5.41) is 19.8. The first kappa shape index (κ1) is 24.2. The van der Waals surface area contributed by atoms with Crippen molar-refractivity contribution in [3.8, 4) is 6.07 Å². The third-order valence-corrected chi connectivity index (χ3v) is 7.23. The van der Waals surface area contributed by atoms with E-state index in [1.807, 2.05) is 4.90 Å². The van der Waals surface area contributed by atoms with Crippen LogP contribution in [0.15, 0.2) is 48.5 Å². The lowest BCUT2D eigenvalue weighted by atomic mass is 9.69. The second-order valence-corrected chi connectivity index (χ2v) is 9.52. The molecule has 2 aliphatic carbocycles. The Hall–Kier alpha value is -2.92. The molecule has 2 saturated carbocycles. The second kappa shape index (κ2) is 8.70. The number of nitrogens with zero attached hydrogens (tertiary/aromatic N) is 2. The van der Waals surface area contributed by atoms with Crippen molar-refractivity contribution in [3.05, 3.63) is 71.0 Å². The topological polar surface area (TPSA) is 64.3 Å². The molecular formula is C26H26F4N2O2. The minimum Gasteiger partial charge on any atom is -0.376 e. The minimum atomic E-state index is -4.83. The SMILES string of the molecule is C[C@](O)(c1ccc(C(=O)N(C2CC2)[C@H]2CC[C@](C#N)(c3ccc(F)cc3)CC2)cc1)C(F)(F)F. The van der Waals surface area contributed by atoms with Crippen LogP contribution in [-0.4, -0.2) is 34.2 Å². The van der Waals surface area contributed by atoms with Crippen LogP contribution < -0.4 is 0 Å². The predicted octanol–water partition coefficient (Wildman–Crippen LogP) is 5.60. The van der Waals surface area contributed by atoms with Crippen molar-refractivity contribution in [1.29, 1.82) is 5.26 Å². The number of alkyl halides is 3. The number of carbonyl (C=O) groups excluding carboxylic acids is 1. The van der Waals surface area contributed by atoms with Crippen molar-refractivity contribution in [2.24, 2.45) is 0 Å². The quantitative estimate of drug-likeness (QED) is 0.574. The smallest absolute Gasteiger partial charge is 0.376 e. The normalized spacial score (nSPS) is 24.7. The zero-order chi connectivity index (χ0) is 24.7. The molecule has 0 aromatic heterocycles. The van der Waals surface area contributed by atoms with E-state index in [2.05, 4.69) is 6.07 Å². The molecule has 180 valence electrons. The Morgan fingerprint density at radius 1 is 1.00 bits per heavy atom. The number of hydrogen-bond acceptors (Lipinski definition) is 3. The van der Waals surface area contributed by atoms with Crippen LogP contribution in [0.2, 0.25) is 0 Å². The second-order valence-electron chi connectivity index (χ2n) is 9.52. The van der Waals surface area contributed by atoms with Gasteiger partial charge in [0.05, 0.1) is 11.5 Å². The van der Waals surface area contributed by atoms with E-state index in [9.17, 15) is 32.7 Å². The molecule has 2 fully saturated rings. The van der Waals surface area contributed by atoms with Crippen molar-refractivity contribution >= 4 is 5.91 Å². The van der Waals surface area contributed by atoms with Gasteiger partial charge in [0.2, 0.25) is 0 Å². The number of aliphatic hydroxyl groups is 1. The van der Waals surface area contributed by atoms with E-state index in [-0.39, 0.29) is 34.9 Å². The molecule has 0 unspecified atom stereocenters. The zero-order valence-electron chi connectivity index (χ0n) is 18.8. The maximum atomic E-state index is 13.4. The molecule has 0 bridgehead atoms. The number of amides is 1. The Labute approximate surface area is 195 Å². The van der Waals surface area contributed by atoms with Crippen LogP contribution in [0.1, 0.15) is 66.9 Å². The fourth-order valence-electron chi connectivity index (χ4n) is 4.84. The molecule has 2 aromatic carbocycles. The fraction of sp³-hybridized carbons (Fsp3) is 0.462. The lowest BCUT2D eigenvalue weighted by Gasteiger charge is -2.41. The molecule has 0 heterocycles. The van der Waals surface area contributed by atoms with E-state index in [1.165, 1.54) is 24.3 Å². The summed E-state index contributed by atoms with van der Waals surface area (Å²) >= 11 is 0. The maximum absolute atomic E-state index is 13.4. The zero-order valence-corrected chi connectivity index (χ0v) is 18.8. The molecular weight excluding hydrogens is 448 g/mol. The number of carbonyl (C=O) groups is 1. The number of benzene rings is 2. The molecule has 4 rings (SSSR count). The first-order valence-corrected chi connectivity index (χ1v) is 11.4. The summed E-state index contributed by atoms with van der Waals surface area (Å²) in [6, 6.07) is 13.3. The first-order chi connectivity index (χ1) is 16.0. The van der Waals surface area contributed by atoms with Gasteiger partial charge in [-0.25, -0.2) is 4.39 Å². The van der Waals surface area contributed by atoms with E-state index in [0.717, 1.165) is 30.5 Å². The van der Waals surface area contributed by atoms with E-state index in [1.54, 1.807) is 12.1 Å². The summed E-state index contributed by atoms with van der Waals surface area (Å²) in [6.45, 7) is 0.685. The Balaban J connectivity index is 1.51. The Kier molecular flexibility index (Phi) is 6.19. The molecule has 2 aromatic rings. The summed E-state index contributed by atoms with van der Waals surface area (Å²) in [7, 11) is 0. The molecule has 0 aliphatic heterocycles. The predicted molar refractivity (Wildman–Crippen MR) is 117 cm³/mol. The van der Waals surface area contributed by atoms with Crippen molar-refractivity contribution < 1.29 is 27.5 Å². The highest BCUT2D eigenvalue weighted by Crippen LogP contribution is 2.43. The maximum Gasteiger partial charge on any atom is 0.421 e. The molecule has 1 atom stereocenters. The van der Waals surface area contributed by atoms with Crippen LogP contribution in [0.4, 0.5) is 17.6 Å². The van der Waals surface area contributed by atoms with E-state index >= 15 is 0 Å². The van der Waals surface area contributed by atoms with Gasteiger partial charge in [-0.3, -0.25) is 4.79 Å². The van der Waals surface area contributed by atoms with Gasteiger partial charge in [0.25, 0.3) is 5.91 Å². The van der Waals surface area contributed by atoms with Gasteiger partial charge in [0, 0.05) is 17.6 Å². The van der Waals surface area contributed by atoms with E-state index in [0.29, 0.717) is 32.6 Å². The van der Waals surface area contributed by atoms with E-state index in [4.69, 9.17) is 0 Å². The van der Waals surface area contributed by atoms with E-state index < -0.39 is 17.2 Å². The van der Waals surface area contributed by atoms with Gasteiger partial charge in [-0.15, -0.1) is 0 Å². The third-order valence-electron chi connectivity index (χ3n) is 7.23. The highest BCUT2D eigenvalue weighted by Gasteiger charge is 2.51. The molecule has 1 amide bonds. The van der Waals surface area contributed by atoms with Crippen molar-refractivity contribution in [2.45, 2.75) is 74.7 Å². The summed E-state index contributed by atoms with van der Waals surface area (Å²) in [4.78, 5) is 15.2. The van der Waals surface area contributed by atoms with Crippen LogP contribution in [0.25, 0.3) is 0 Å². The van der Waals surface area contributed by atoms with Gasteiger partial charge in [-0.2, -0.15) is 18.4 Å². The third kappa shape index (κ3) is 4.41. The Morgan fingerprint density at radius 2 is 1.53 bits per heavy atom. The van der Waals surface area contributed by atoms with Gasteiger partial charge < -0.3 is 10.0 Å². The summed E-state index contributed by atoms with van der Waals surface area (Å²) in [5.74, 6) is -0.615. The van der Waals surface area contributed by atoms with Gasteiger partial charge in [-0.05, 0) is 80.8 Å². The number of halogens is 4. The van der Waals surface area contributed by atoms with Gasteiger partial charge >= 0.3 is 6.18 Å². The molecule has 8 heteroatoms. The Bertz CT molecular complexity index is 1080. The van der Waals surface area contributed by atoms with Crippen LogP contribution >= 0.6 is 0 Å². The number of rotatable bonds is 5. The highest BCUT2D eigenvalue weighted by molar-refractivity contribution is 5.95.